The molecule has 0 radical (unpaired) electrons. The van der Waals surface area contributed by atoms with E-state index in [4.69, 9.17) is 21.4 Å². The van der Waals surface area contributed by atoms with Crippen molar-refractivity contribution in [2.24, 2.45) is 5.92 Å². The Kier molecular flexibility index (Phi) is 2.96. The van der Waals surface area contributed by atoms with Gasteiger partial charge < -0.3 is 9.84 Å². The Balaban J connectivity index is 2.05. The summed E-state index contributed by atoms with van der Waals surface area (Å²) in [5.41, 5.74) is -0.180. The molecule has 1 aliphatic rings. The van der Waals surface area contributed by atoms with Crippen LogP contribution in [0.5, 0.6) is 5.88 Å². The highest BCUT2D eigenvalue weighted by molar-refractivity contribution is 6.22. The zero-order valence-corrected chi connectivity index (χ0v) is 8.95. The summed E-state index contributed by atoms with van der Waals surface area (Å²) in [5.74, 6) is -1.85. The molecule has 0 aromatic carbocycles. The quantitative estimate of drug-likeness (QED) is 0.650. The predicted molar refractivity (Wildman–Crippen MR) is 54.4 cm³/mol. The fourth-order valence-electron chi connectivity index (χ4n) is 1.25. The second-order valence-electron chi connectivity index (χ2n) is 3.64. The number of aromatic nitrogens is 1. The molecule has 0 bridgehead atoms. The average molecular weight is 246 g/mol. The second-order valence-corrected chi connectivity index (χ2v) is 4.21. The molecular formula is C10H9ClFNO3. The molecule has 1 N–H and O–H groups in total. The molecule has 1 fully saturated rings. The van der Waals surface area contributed by atoms with Gasteiger partial charge in [-0.1, -0.05) is 0 Å². The van der Waals surface area contributed by atoms with Gasteiger partial charge in [0.25, 0.3) is 0 Å². The number of hydrogen-bond donors (Lipinski definition) is 1. The Morgan fingerprint density at radius 3 is 2.94 bits per heavy atom. The van der Waals surface area contributed by atoms with Gasteiger partial charge in [0.05, 0.1) is 12.2 Å². The monoisotopic (exact) mass is 245 g/mol. The number of ether oxygens (including phenoxy) is 1. The van der Waals surface area contributed by atoms with E-state index in [-0.39, 0.29) is 22.7 Å². The zero-order chi connectivity index (χ0) is 11.7. The number of carbonyl (C=O) groups is 1. The van der Waals surface area contributed by atoms with Crippen LogP contribution in [0.4, 0.5) is 4.39 Å². The molecule has 16 heavy (non-hydrogen) atoms. The SMILES string of the molecule is O=C(O)c1cc(F)nc(OC[C@H]2C[C@@H]2Cl)c1. The highest BCUT2D eigenvalue weighted by atomic mass is 35.5. The lowest BCUT2D eigenvalue weighted by molar-refractivity contribution is 0.0695. The van der Waals surface area contributed by atoms with E-state index in [1.807, 2.05) is 0 Å². The molecular weight excluding hydrogens is 237 g/mol. The van der Waals surface area contributed by atoms with Gasteiger partial charge in [-0.3, -0.25) is 0 Å². The topological polar surface area (TPSA) is 59.4 Å². The molecule has 2 rings (SSSR count). The summed E-state index contributed by atoms with van der Waals surface area (Å²) in [6, 6.07) is 2.04. The van der Waals surface area contributed by atoms with Crippen LogP contribution in [-0.2, 0) is 0 Å². The van der Waals surface area contributed by atoms with Crippen molar-refractivity contribution in [2.75, 3.05) is 6.61 Å². The Morgan fingerprint density at radius 2 is 2.38 bits per heavy atom. The summed E-state index contributed by atoms with van der Waals surface area (Å²) >= 11 is 5.76. The number of aromatic carboxylic acids is 1. The minimum atomic E-state index is -1.22. The van der Waals surface area contributed by atoms with E-state index < -0.39 is 11.9 Å². The van der Waals surface area contributed by atoms with E-state index in [0.29, 0.717) is 6.61 Å². The summed E-state index contributed by atoms with van der Waals surface area (Å²) in [6.07, 6.45) is 0.864. The smallest absolute Gasteiger partial charge is 0.336 e. The van der Waals surface area contributed by atoms with Gasteiger partial charge in [-0.25, -0.2) is 4.79 Å². The first kappa shape index (κ1) is 11.1. The highest BCUT2D eigenvalue weighted by Crippen LogP contribution is 2.36. The molecule has 6 heteroatoms. The molecule has 1 aliphatic carbocycles. The van der Waals surface area contributed by atoms with Crippen LogP contribution in [0.25, 0.3) is 0 Å². The Bertz CT molecular complexity index is 427. The number of rotatable bonds is 4. The standard InChI is InChI=1S/C10H9ClFNO3/c11-7-1-6(7)4-16-9-3-5(10(14)15)2-8(12)13-9/h2-3,6-7H,1,4H2,(H,14,15)/t6-,7+/m1/s1. The molecule has 1 aromatic rings. The number of alkyl halides is 1. The summed E-state index contributed by atoms with van der Waals surface area (Å²) in [4.78, 5) is 14.1. The number of halogens is 2. The van der Waals surface area contributed by atoms with Crippen LogP contribution in [0.3, 0.4) is 0 Å². The molecule has 1 aromatic heterocycles. The lowest BCUT2D eigenvalue weighted by Gasteiger charge is -2.04. The number of hydrogen-bond acceptors (Lipinski definition) is 3. The van der Waals surface area contributed by atoms with Crippen molar-refractivity contribution in [1.29, 1.82) is 0 Å². The third-order valence-electron chi connectivity index (χ3n) is 2.30. The second kappa shape index (κ2) is 4.25. The van der Waals surface area contributed by atoms with Crippen molar-refractivity contribution < 1.29 is 19.0 Å². The van der Waals surface area contributed by atoms with E-state index in [1.54, 1.807) is 0 Å². The van der Waals surface area contributed by atoms with Gasteiger partial charge >= 0.3 is 5.97 Å². The van der Waals surface area contributed by atoms with Crippen LogP contribution < -0.4 is 4.74 Å². The molecule has 2 atom stereocenters. The first-order valence-electron chi connectivity index (χ1n) is 4.74. The summed E-state index contributed by atoms with van der Waals surface area (Å²) in [6.45, 7) is 0.337. The van der Waals surface area contributed by atoms with E-state index in [2.05, 4.69) is 4.98 Å². The number of carboxylic acid groups (broad SMARTS) is 1. The number of nitrogens with zero attached hydrogens (tertiary/aromatic N) is 1. The Morgan fingerprint density at radius 1 is 1.69 bits per heavy atom. The van der Waals surface area contributed by atoms with Crippen LogP contribution >= 0.6 is 11.6 Å². The molecule has 1 saturated carbocycles. The minimum absolute atomic E-state index is 0.0202. The van der Waals surface area contributed by atoms with Crippen LogP contribution in [0.1, 0.15) is 16.8 Å². The Hall–Kier alpha value is -1.36. The molecule has 0 amide bonds. The van der Waals surface area contributed by atoms with E-state index in [0.717, 1.165) is 12.5 Å². The summed E-state index contributed by atoms with van der Waals surface area (Å²) in [5, 5.41) is 8.80. The average Bonchev–Trinajstić information content (AvgIpc) is 2.91. The van der Waals surface area contributed by atoms with Gasteiger partial charge in [-0.2, -0.15) is 9.37 Å². The summed E-state index contributed by atoms with van der Waals surface area (Å²) < 4.78 is 18.1. The van der Waals surface area contributed by atoms with Crippen molar-refractivity contribution in [2.45, 2.75) is 11.8 Å². The predicted octanol–water partition coefficient (Wildman–Crippen LogP) is 1.93. The maximum Gasteiger partial charge on any atom is 0.336 e. The van der Waals surface area contributed by atoms with Crippen molar-refractivity contribution in [3.8, 4) is 5.88 Å². The molecule has 1 heterocycles. The largest absolute Gasteiger partial charge is 0.478 e. The molecule has 4 nitrogen and oxygen atoms in total. The van der Waals surface area contributed by atoms with Crippen molar-refractivity contribution in [1.82, 2.24) is 4.98 Å². The maximum absolute atomic E-state index is 12.9. The fraction of sp³-hybridized carbons (Fsp3) is 0.400. The molecule has 0 saturated heterocycles. The van der Waals surface area contributed by atoms with E-state index >= 15 is 0 Å². The first-order valence-corrected chi connectivity index (χ1v) is 5.17. The molecule has 0 aliphatic heterocycles. The van der Waals surface area contributed by atoms with E-state index in [9.17, 15) is 9.18 Å². The third kappa shape index (κ3) is 2.61. The molecule has 86 valence electrons. The fourth-order valence-corrected chi connectivity index (χ4v) is 1.55. The van der Waals surface area contributed by atoms with Gasteiger partial charge in [-0.05, 0) is 6.42 Å². The number of pyridine rings is 1. The van der Waals surface area contributed by atoms with Crippen molar-refractivity contribution in [3.63, 3.8) is 0 Å². The van der Waals surface area contributed by atoms with Crippen molar-refractivity contribution in [3.05, 3.63) is 23.6 Å². The van der Waals surface area contributed by atoms with Crippen LogP contribution in [0, 0.1) is 11.9 Å². The number of carboxylic acids is 1. The van der Waals surface area contributed by atoms with Gasteiger partial charge in [0.2, 0.25) is 11.8 Å². The van der Waals surface area contributed by atoms with Gasteiger partial charge in [0.15, 0.2) is 0 Å². The van der Waals surface area contributed by atoms with Gasteiger partial charge in [0.1, 0.15) is 0 Å². The zero-order valence-electron chi connectivity index (χ0n) is 8.19. The summed E-state index contributed by atoms with van der Waals surface area (Å²) in [7, 11) is 0. The maximum atomic E-state index is 12.9. The van der Waals surface area contributed by atoms with Crippen molar-refractivity contribution >= 4 is 17.6 Å². The van der Waals surface area contributed by atoms with E-state index in [1.165, 1.54) is 6.07 Å². The van der Waals surface area contributed by atoms with Crippen LogP contribution in [0.15, 0.2) is 12.1 Å². The first-order chi connectivity index (χ1) is 7.56. The van der Waals surface area contributed by atoms with Gasteiger partial charge in [-0.15, -0.1) is 11.6 Å². The van der Waals surface area contributed by atoms with Crippen LogP contribution in [0.2, 0.25) is 0 Å². The Labute approximate surface area is 96.0 Å². The normalized spacial score (nSPS) is 22.9. The van der Waals surface area contributed by atoms with Gasteiger partial charge in [0, 0.05) is 23.4 Å². The molecule has 0 spiro atoms. The third-order valence-corrected chi connectivity index (χ3v) is 2.83. The lowest BCUT2D eigenvalue weighted by atomic mass is 10.3. The highest BCUT2D eigenvalue weighted by Gasteiger charge is 2.35. The minimum Gasteiger partial charge on any atom is -0.478 e. The lowest BCUT2D eigenvalue weighted by Crippen LogP contribution is -2.05. The molecule has 0 unspecified atom stereocenters. The van der Waals surface area contributed by atoms with Crippen LogP contribution in [-0.4, -0.2) is 28.0 Å².